The average Bonchev–Trinajstić information content (AvgIpc) is 3.33. The van der Waals surface area contributed by atoms with Crippen molar-refractivity contribution in [3.05, 3.63) is 77.1 Å². The molecule has 0 saturated carbocycles. The maximum Gasteiger partial charge on any atom is 0.148 e. The molecule has 2 aliphatic rings. The van der Waals surface area contributed by atoms with Crippen molar-refractivity contribution in [1.29, 1.82) is 0 Å². The number of phenols is 1. The van der Waals surface area contributed by atoms with Crippen LogP contribution >= 0.6 is 0 Å². The molecule has 1 aliphatic heterocycles. The van der Waals surface area contributed by atoms with E-state index in [1.165, 1.54) is 5.56 Å². The molecule has 2 atom stereocenters. The largest absolute Gasteiger partial charge is 0.508 e. The number of likely N-dealkylation sites (tertiary alicyclic amines) is 1. The Morgan fingerprint density at radius 1 is 1.07 bits per heavy atom. The van der Waals surface area contributed by atoms with Gasteiger partial charge in [0.25, 0.3) is 0 Å². The minimum Gasteiger partial charge on any atom is -0.508 e. The van der Waals surface area contributed by atoms with Crippen LogP contribution in [0.25, 0.3) is 0 Å². The predicted molar refractivity (Wildman–Crippen MR) is 108 cm³/mol. The third-order valence-corrected chi connectivity index (χ3v) is 6.33. The number of hydrogen-bond acceptors (Lipinski definition) is 4. The van der Waals surface area contributed by atoms with Gasteiger partial charge in [-0.1, -0.05) is 41.6 Å². The fraction of sp³-hybridized carbons (Fsp3) is 0.391. The highest BCUT2D eigenvalue weighted by atomic mass is 19.1. The van der Waals surface area contributed by atoms with Crippen LogP contribution in [-0.2, 0) is 13.0 Å². The summed E-state index contributed by atoms with van der Waals surface area (Å²) in [7, 11) is 0. The van der Waals surface area contributed by atoms with Crippen molar-refractivity contribution in [2.45, 2.75) is 43.9 Å². The molecule has 6 heteroatoms. The van der Waals surface area contributed by atoms with Gasteiger partial charge in [0.15, 0.2) is 0 Å². The Balaban J connectivity index is 1.20. The second-order valence-electron chi connectivity index (χ2n) is 8.21. The number of alkyl halides is 1. The summed E-state index contributed by atoms with van der Waals surface area (Å²) in [6.45, 7) is 2.70. The Hall–Kier alpha value is -2.73. The van der Waals surface area contributed by atoms with Crippen LogP contribution in [-0.4, -0.2) is 38.1 Å². The minimum absolute atomic E-state index is 0.301. The van der Waals surface area contributed by atoms with Crippen molar-refractivity contribution in [1.82, 2.24) is 19.9 Å². The first kappa shape index (κ1) is 18.3. The van der Waals surface area contributed by atoms with E-state index in [2.05, 4.69) is 21.3 Å². The molecule has 1 aromatic heterocycles. The van der Waals surface area contributed by atoms with Crippen molar-refractivity contribution in [3.63, 3.8) is 0 Å². The van der Waals surface area contributed by atoms with E-state index in [9.17, 15) is 9.50 Å². The molecule has 0 unspecified atom stereocenters. The number of piperidine rings is 1. The summed E-state index contributed by atoms with van der Waals surface area (Å²) in [5.74, 6) is 0.820. The lowest BCUT2D eigenvalue weighted by molar-refractivity contribution is 0.202. The molecule has 0 radical (unpaired) electrons. The lowest BCUT2D eigenvalue weighted by Crippen LogP contribution is -2.32. The highest BCUT2D eigenvalue weighted by molar-refractivity contribution is 5.35. The van der Waals surface area contributed by atoms with Gasteiger partial charge in [-0.05, 0) is 67.1 Å². The lowest BCUT2D eigenvalue weighted by atomic mass is 9.89. The Labute approximate surface area is 169 Å². The lowest BCUT2D eigenvalue weighted by Gasteiger charge is -2.31. The van der Waals surface area contributed by atoms with Crippen LogP contribution < -0.4 is 0 Å². The van der Waals surface area contributed by atoms with Crippen LogP contribution in [0.3, 0.4) is 0 Å². The van der Waals surface area contributed by atoms with Gasteiger partial charge in [0.05, 0.1) is 17.9 Å². The molecule has 0 amide bonds. The fourth-order valence-electron chi connectivity index (χ4n) is 4.73. The molecule has 1 N–H and O–H groups in total. The van der Waals surface area contributed by atoms with Gasteiger partial charge < -0.3 is 5.11 Å². The summed E-state index contributed by atoms with van der Waals surface area (Å²) in [6.07, 6.45) is 3.66. The van der Waals surface area contributed by atoms with E-state index in [1.54, 1.807) is 10.7 Å². The fourth-order valence-corrected chi connectivity index (χ4v) is 4.73. The van der Waals surface area contributed by atoms with E-state index in [4.69, 9.17) is 0 Å². The maximum atomic E-state index is 14.9. The monoisotopic (exact) mass is 392 g/mol. The van der Waals surface area contributed by atoms with Crippen LogP contribution in [0.5, 0.6) is 5.75 Å². The molecule has 5 nitrogen and oxygen atoms in total. The zero-order chi connectivity index (χ0) is 19.8. The Morgan fingerprint density at radius 3 is 2.69 bits per heavy atom. The molecule has 1 fully saturated rings. The first-order valence-electron chi connectivity index (χ1n) is 10.3. The van der Waals surface area contributed by atoms with Crippen molar-refractivity contribution in [3.8, 4) is 5.75 Å². The zero-order valence-corrected chi connectivity index (χ0v) is 16.3. The molecular formula is C23H25FN4O. The molecule has 2 aromatic carbocycles. The molecule has 5 rings (SSSR count). The number of aromatic hydroxyl groups is 1. The van der Waals surface area contributed by atoms with Crippen LogP contribution in [0.1, 0.15) is 53.4 Å². The normalized spacial score (nSPS) is 22.7. The summed E-state index contributed by atoms with van der Waals surface area (Å²) in [6, 6.07) is 15.0. The number of aromatic nitrogens is 3. The first-order chi connectivity index (χ1) is 14.2. The SMILES string of the molecule is Oc1cccc(C2CCN(Cc3cn([C@@H]4Cc5ccccc5[C@H]4F)nn3)CC2)c1. The summed E-state index contributed by atoms with van der Waals surface area (Å²) in [5.41, 5.74) is 3.95. The Morgan fingerprint density at radius 2 is 1.90 bits per heavy atom. The van der Waals surface area contributed by atoms with E-state index >= 15 is 0 Å². The third kappa shape index (κ3) is 3.65. The first-order valence-corrected chi connectivity index (χ1v) is 10.3. The number of hydrogen-bond donors (Lipinski definition) is 1. The second-order valence-corrected chi connectivity index (χ2v) is 8.21. The van der Waals surface area contributed by atoms with E-state index < -0.39 is 6.17 Å². The molecule has 1 saturated heterocycles. The minimum atomic E-state index is -1.03. The van der Waals surface area contributed by atoms with E-state index in [0.29, 0.717) is 18.1 Å². The summed E-state index contributed by atoms with van der Waals surface area (Å²) in [5, 5.41) is 18.3. The maximum absolute atomic E-state index is 14.9. The summed E-state index contributed by atoms with van der Waals surface area (Å²) in [4.78, 5) is 2.38. The number of nitrogens with zero attached hydrogens (tertiary/aromatic N) is 4. The van der Waals surface area contributed by atoms with Crippen molar-refractivity contribution < 1.29 is 9.50 Å². The van der Waals surface area contributed by atoms with Crippen LogP contribution in [0.2, 0.25) is 0 Å². The number of fused-ring (bicyclic) bond motifs is 1. The number of phenolic OH excluding ortho intramolecular Hbond substituents is 1. The van der Waals surface area contributed by atoms with E-state index in [0.717, 1.165) is 49.3 Å². The van der Waals surface area contributed by atoms with Crippen molar-refractivity contribution in [2.75, 3.05) is 13.1 Å². The quantitative estimate of drug-likeness (QED) is 0.724. The van der Waals surface area contributed by atoms with Crippen LogP contribution in [0.15, 0.2) is 54.7 Å². The van der Waals surface area contributed by atoms with Gasteiger partial charge in [-0.3, -0.25) is 4.90 Å². The number of rotatable bonds is 4. The van der Waals surface area contributed by atoms with Gasteiger partial charge in [0.1, 0.15) is 11.9 Å². The van der Waals surface area contributed by atoms with Gasteiger partial charge in [-0.25, -0.2) is 9.07 Å². The molecule has 0 spiro atoms. The van der Waals surface area contributed by atoms with Gasteiger partial charge in [0.2, 0.25) is 0 Å². The summed E-state index contributed by atoms with van der Waals surface area (Å²) < 4.78 is 16.6. The van der Waals surface area contributed by atoms with Crippen molar-refractivity contribution >= 4 is 0 Å². The smallest absolute Gasteiger partial charge is 0.148 e. The second kappa shape index (κ2) is 7.59. The highest BCUT2D eigenvalue weighted by Crippen LogP contribution is 2.41. The molecular weight excluding hydrogens is 367 g/mol. The summed E-state index contributed by atoms with van der Waals surface area (Å²) >= 11 is 0. The Kier molecular flexibility index (Phi) is 4.79. The Bertz CT molecular complexity index is 996. The van der Waals surface area contributed by atoms with E-state index in [1.807, 2.05) is 42.6 Å². The number of halogens is 1. The molecule has 2 heterocycles. The van der Waals surface area contributed by atoms with E-state index in [-0.39, 0.29) is 6.04 Å². The van der Waals surface area contributed by atoms with Crippen molar-refractivity contribution in [2.24, 2.45) is 0 Å². The topological polar surface area (TPSA) is 54.2 Å². The average molecular weight is 392 g/mol. The zero-order valence-electron chi connectivity index (χ0n) is 16.3. The molecule has 150 valence electrons. The molecule has 0 bridgehead atoms. The predicted octanol–water partition coefficient (Wildman–Crippen LogP) is 4.17. The van der Waals surface area contributed by atoms with Crippen LogP contribution in [0, 0.1) is 0 Å². The van der Waals surface area contributed by atoms with Gasteiger partial charge >= 0.3 is 0 Å². The molecule has 1 aliphatic carbocycles. The standard InChI is InChI=1S/C23H25FN4O/c24-23-21-7-2-1-4-18(21)13-22(23)28-15-19(25-26-28)14-27-10-8-16(9-11-27)17-5-3-6-20(29)12-17/h1-7,12,15-16,22-23,29H,8-11,13-14H2/t22-,23-/m1/s1. The molecule has 3 aromatic rings. The van der Waals surface area contributed by atoms with Gasteiger partial charge in [-0.2, -0.15) is 0 Å². The van der Waals surface area contributed by atoms with Gasteiger partial charge in [-0.15, -0.1) is 5.10 Å². The highest BCUT2D eigenvalue weighted by Gasteiger charge is 2.34. The number of benzene rings is 2. The van der Waals surface area contributed by atoms with Crippen LogP contribution in [0.4, 0.5) is 4.39 Å². The van der Waals surface area contributed by atoms with Gasteiger partial charge in [0, 0.05) is 6.54 Å². The third-order valence-electron chi connectivity index (χ3n) is 6.33. The molecule has 29 heavy (non-hydrogen) atoms.